The Kier molecular flexibility index (Phi) is 969. The van der Waals surface area contributed by atoms with Crippen LogP contribution in [0.2, 0.25) is 0 Å². The SMILES string of the molecule is C=O.[CH2].[W]. The van der Waals surface area contributed by atoms with Gasteiger partial charge in [-0.2, -0.15) is 0 Å². The van der Waals surface area contributed by atoms with Crippen molar-refractivity contribution in [3.8, 4) is 0 Å². The van der Waals surface area contributed by atoms with Gasteiger partial charge in [-0.05, 0) is 0 Å². The van der Waals surface area contributed by atoms with E-state index in [1.807, 2.05) is 6.79 Å². The topological polar surface area (TPSA) is 17.1 Å². The van der Waals surface area contributed by atoms with Crippen molar-refractivity contribution in [1.82, 2.24) is 0 Å². The Bertz CT molecular complexity index is 6.00. The molecule has 1 nitrogen and oxygen atoms in total. The summed E-state index contributed by atoms with van der Waals surface area (Å²) in [6.45, 7) is 2.00. The van der Waals surface area contributed by atoms with Gasteiger partial charge in [0.05, 0.1) is 0 Å². The van der Waals surface area contributed by atoms with Crippen LogP contribution in [-0.4, -0.2) is 6.79 Å². The average Bonchev–Trinajstić information content (AvgIpc) is 1.00. The molecule has 0 bridgehead atoms. The second-order valence-corrected chi connectivity index (χ2v) is 0. The quantitative estimate of drug-likeness (QED) is 0.576. The standard InChI is InChI=1S/CH2O.CH2.W/c1-2;;/h1H2;1H2;. The van der Waals surface area contributed by atoms with E-state index in [9.17, 15) is 0 Å². The van der Waals surface area contributed by atoms with Crippen molar-refractivity contribution in [2.75, 3.05) is 0 Å². The molecule has 0 aromatic rings. The molecule has 2 heteroatoms. The van der Waals surface area contributed by atoms with E-state index in [-0.39, 0.29) is 28.5 Å². The van der Waals surface area contributed by atoms with Gasteiger partial charge in [0.1, 0.15) is 6.79 Å². The minimum absolute atomic E-state index is 0. The molecule has 0 fully saturated rings. The van der Waals surface area contributed by atoms with Gasteiger partial charge in [0.2, 0.25) is 0 Å². The molecule has 0 N–H and O–H groups in total. The molecule has 0 heterocycles. The third-order valence-corrected chi connectivity index (χ3v) is 0. The molecule has 0 rings (SSSR count). The Labute approximate surface area is 40.7 Å². The summed E-state index contributed by atoms with van der Waals surface area (Å²) in [6, 6.07) is 0. The second kappa shape index (κ2) is 145. The zero-order valence-corrected chi connectivity index (χ0v) is 5.16. The van der Waals surface area contributed by atoms with Gasteiger partial charge in [-0.1, -0.05) is 7.43 Å². The predicted octanol–water partition coefficient (Wildman–Crippen LogP) is 0.140. The molecular weight excluding hydrogens is 224 g/mol. The molecule has 24 valence electrons. The summed E-state index contributed by atoms with van der Waals surface area (Å²) in [4.78, 5) is 8.00. The number of hydrogen-bond acceptors (Lipinski definition) is 1. The molecule has 0 unspecified atom stereocenters. The Balaban J connectivity index is -0.00000000500. The van der Waals surface area contributed by atoms with E-state index in [4.69, 9.17) is 4.79 Å². The molecule has 0 atom stereocenters. The fourth-order valence-corrected chi connectivity index (χ4v) is 0. The molecule has 0 aromatic carbocycles. The fraction of sp³-hybridized carbons (Fsp3) is 0. The zero-order valence-electron chi connectivity index (χ0n) is 2.23. The van der Waals surface area contributed by atoms with Crippen LogP contribution in [0.3, 0.4) is 0 Å². The summed E-state index contributed by atoms with van der Waals surface area (Å²) >= 11 is 0. The van der Waals surface area contributed by atoms with Crippen molar-refractivity contribution < 1.29 is 25.9 Å². The van der Waals surface area contributed by atoms with Gasteiger partial charge in [0.25, 0.3) is 0 Å². The van der Waals surface area contributed by atoms with Crippen LogP contribution in [-0.2, 0) is 25.9 Å². The number of carbonyl (C=O) groups is 1. The van der Waals surface area contributed by atoms with Crippen molar-refractivity contribution in [3.63, 3.8) is 0 Å². The zero-order chi connectivity index (χ0) is 2.00. The van der Waals surface area contributed by atoms with Gasteiger partial charge in [0.15, 0.2) is 0 Å². The predicted molar refractivity (Wildman–Crippen MR) is 12.5 cm³/mol. The first-order valence-corrected chi connectivity index (χ1v) is 0.289. The third kappa shape index (κ3) is 33.9. The van der Waals surface area contributed by atoms with E-state index in [0.29, 0.717) is 0 Å². The number of carbonyl (C=O) groups excluding carboxylic acids is 1. The van der Waals surface area contributed by atoms with Gasteiger partial charge in [-0.25, -0.2) is 0 Å². The molecule has 2 radical (unpaired) electrons. The molecule has 0 saturated heterocycles. The fourth-order valence-electron chi connectivity index (χ4n) is 0. The molecule has 0 amide bonds. The van der Waals surface area contributed by atoms with Gasteiger partial charge in [0, 0.05) is 21.1 Å². The van der Waals surface area contributed by atoms with Crippen LogP contribution in [0.15, 0.2) is 0 Å². The van der Waals surface area contributed by atoms with Crippen LogP contribution in [0.1, 0.15) is 0 Å². The first-order valence-electron chi connectivity index (χ1n) is 0.289. The van der Waals surface area contributed by atoms with Crippen molar-refractivity contribution in [2.24, 2.45) is 0 Å². The summed E-state index contributed by atoms with van der Waals surface area (Å²) in [6.07, 6.45) is 0. The number of rotatable bonds is 0. The van der Waals surface area contributed by atoms with Crippen LogP contribution < -0.4 is 0 Å². The molecule has 0 spiro atoms. The van der Waals surface area contributed by atoms with E-state index >= 15 is 0 Å². The van der Waals surface area contributed by atoms with E-state index in [0.717, 1.165) is 0 Å². The van der Waals surface area contributed by atoms with E-state index < -0.39 is 0 Å². The summed E-state index contributed by atoms with van der Waals surface area (Å²) in [5.41, 5.74) is 0. The van der Waals surface area contributed by atoms with Crippen LogP contribution in [0.25, 0.3) is 0 Å². The summed E-state index contributed by atoms with van der Waals surface area (Å²) in [5, 5.41) is 0. The minimum atomic E-state index is 0. The van der Waals surface area contributed by atoms with E-state index in [1.165, 1.54) is 0 Å². The maximum absolute atomic E-state index is 8.00. The summed E-state index contributed by atoms with van der Waals surface area (Å²) < 4.78 is 0. The molecule has 0 aliphatic heterocycles. The first kappa shape index (κ1) is 26.6. The maximum Gasteiger partial charge on any atom is 0.106 e. The first-order chi connectivity index (χ1) is 1.00. The van der Waals surface area contributed by atoms with Crippen molar-refractivity contribution >= 4 is 6.79 Å². The van der Waals surface area contributed by atoms with Gasteiger partial charge < -0.3 is 4.79 Å². The molecule has 0 aliphatic rings. The molecule has 0 saturated carbocycles. The largest absolute Gasteiger partial charge is 0.307 e. The third-order valence-electron chi connectivity index (χ3n) is 0. The Hall–Kier alpha value is 0.358. The van der Waals surface area contributed by atoms with Crippen molar-refractivity contribution in [2.45, 2.75) is 0 Å². The normalized spacial score (nSPS) is 1.00. The summed E-state index contributed by atoms with van der Waals surface area (Å²) in [5.74, 6) is 0. The van der Waals surface area contributed by atoms with Gasteiger partial charge >= 0.3 is 0 Å². The Morgan fingerprint density at radius 1 is 1.25 bits per heavy atom. The molecular formula is C2H4OW. The van der Waals surface area contributed by atoms with Crippen LogP contribution >= 0.6 is 0 Å². The van der Waals surface area contributed by atoms with Crippen molar-refractivity contribution in [1.29, 1.82) is 0 Å². The Morgan fingerprint density at radius 3 is 1.25 bits per heavy atom. The van der Waals surface area contributed by atoms with Crippen LogP contribution in [0.4, 0.5) is 0 Å². The number of hydrogen-bond donors (Lipinski definition) is 0. The van der Waals surface area contributed by atoms with E-state index in [2.05, 4.69) is 0 Å². The minimum Gasteiger partial charge on any atom is -0.307 e. The smallest absolute Gasteiger partial charge is 0.106 e. The molecule has 4 heavy (non-hydrogen) atoms. The van der Waals surface area contributed by atoms with E-state index in [1.54, 1.807) is 0 Å². The molecule has 0 aromatic heterocycles. The summed E-state index contributed by atoms with van der Waals surface area (Å²) in [7, 11) is 0. The Morgan fingerprint density at radius 2 is 1.25 bits per heavy atom. The maximum atomic E-state index is 8.00. The van der Waals surface area contributed by atoms with Gasteiger partial charge in [-0.15, -0.1) is 0 Å². The van der Waals surface area contributed by atoms with Crippen LogP contribution in [0.5, 0.6) is 0 Å². The van der Waals surface area contributed by atoms with Crippen LogP contribution in [0, 0.1) is 7.43 Å². The van der Waals surface area contributed by atoms with Crippen molar-refractivity contribution in [3.05, 3.63) is 7.43 Å². The van der Waals surface area contributed by atoms with Gasteiger partial charge in [-0.3, -0.25) is 0 Å². The molecule has 0 aliphatic carbocycles. The average molecular weight is 228 g/mol. The second-order valence-electron chi connectivity index (χ2n) is 0. The monoisotopic (exact) mass is 228 g/mol.